The molecule has 6 heteroatoms. The number of rotatable bonds is 6. The third-order valence-electron chi connectivity index (χ3n) is 4.09. The fourth-order valence-electron chi connectivity index (χ4n) is 2.62. The number of nitrogens with zero attached hydrogens (tertiary/aromatic N) is 2. The summed E-state index contributed by atoms with van der Waals surface area (Å²) < 4.78 is 0. The second-order valence-electron chi connectivity index (χ2n) is 5.97. The Morgan fingerprint density at radius 2 is 2.09 bits per heavy atom. The van der Waals surface area contributed by atoms with Crippen LogP contribution in [0, 0.1) is 12.3 Å². The van der Waals surface area contributed by atoms with Crippen LogP contribution in [0.2, 0.25) is 0 Å². The number of aromatic hydroxyl groups is 1. The lowest BCUT2D eigenvalue weighted by Crippen LogP contribution is -2.34. The molecule has 0 spiro atoms. The van der Waals surface area contributed by atoms with Crippen LogP contribution in [0.4, 0.5) is 0 Å². The van der Waals surface area contributed by atoms with Crippen molar-refractivity contribution in [3.05, 3.63) is 41.5 Å². The van der Waals surface area contributed by atoms with Gasteiger partial charge in [0.05, 0.1) is 5.41 Å². The third kappa shape index (κ3) is 3.27. The molecule has 0 aliphatic heterocycles. The van der Waals surface area contributed by atoms with Crippen LogP contribution in [0.3, 0.4) is 0 Å². The number of phenolic OH excluding ortho intramolecular Hbond substituents is 1. The zero-order valence-corrected chi connectivity index (χ0v) is 12.6. The SMILES string of the molecule is Cc1nc(CCNC(=O)C2(Cc3ccc(O)cc3)CC2)n[nH]1. The van der Waals surface area contributed by atoms with Gasteiger partial charge in [-0.2, -0.15) is 5.10 Å². The molecule has 0 saturated heterocycles. The second kappa shape index (κ2) is 5.79. The Bertz CT molecular complexity index is 659. The molecule has 0 radical (unpaired) electrons. The first-order valence-corrected chi connectivity index (χ1v) is 7.51. The van der Waals surface area contributed by atoms with Crippen LogP contribution in [0.15, 0.2) is 24.3 Å². The van der Waals surface area contributed by atoms with E-state index in [0.29, 0.717) is 13.0 Å². The quantitative estimate of drug-likeness (QED) is 0.754. The van der Waals surface area contributed by atoms with E-state index in [9.17, 15) is 9.90 Å². The first-order chi connectivity index (χ1) is 10.6. The number of H-pyrrole nitrogens is 1. The van der Waals surface area contributed by atoms with Crippen molar-refractivity contribution in [1.29, 1.82) is 0 Å². The standard InChI is InChI=1S/C16H20N4O2/c1-11-18-14(20-19-11)6-9-17-15(22)16(7-8-16)10-12-2-4-13(21)5-3-12/h2-5,21H,6-10H2,1H3,(H,17,22)(H,18,19,20). The Kier molecular flexibility index (Phi) is 3.83. The highest BCUT2D eigenvalue weighted by Crippen LogP contribution is 2.48. The van der Waals surface area contributed by atoms with Gasteiger partial charge in [0.2, 0.25) is 5.91 Å². The molecule has 1 fully saturated rings. The summed E-state index contributed by atoms with van der Waals surface area (Å²) >= 11 is 0. The van der Waals surface area contributed by atoms with Gasteiger partial charge in [0.25, 0.3) is 0 Å². The Labute approximate surface area is 129 Å². The molecule has 6 nitrogen and oxygen atoms in total. The van der Waals surface area contributed by atoms with Crippen LogP contribution in [-0.2, 0) is 17.6 Å². The highest BCUT2D eigenvalue weighted by atomic mass is 16.3. The third-order valence-corrected chi connectivity index (χ3v) is 4.09. The van der Waals surface area contributed by atoms with Gasteiger partial charge in [-0.3, -0.25) is 9.89 Å². The summed E-state index contributed by atoms with van der Waals surface area (Å²) in [6.07, 6.45) is 3.18. The molecule has 0 unspecified atom stereocenters. The lowest BCUT2D eigenvalue weighted by Gasteiger charge is -2.15. The average molecular weight is 300 g/mol. The molecule has 0 atom stereocenters. The highest BCUT2D eigenvalue weighted by molar-refractivity contribution is 5.85. The predicted octanol–water partition coefficient (Wildman–Crippen LogP) is 1.50. The number of aryl methyl sites for hydroxylation is 1. The lowest BCUT2D eigenvalue weighted by atomic mass is 9.95. The van der Waals surface area contributed by atoms with Crippen molar-refractivity contribution in [2.45, 2.75) is 32.6 Å². The fourth-order valence-corrected chi connectivity index (χ4v) is 2.62. The van der Waals surface area contributed by atoms with Crippen molar-refractivity contribution >= 4 is 5.91 Å². The van der Waals surface area contributed by atoms with Crippen LogP contribution in [-0.4, -0.2) is 32.7 Å². The first-order valence-electron chi connectivity index (χ1n) is 7.51. The van der Waals surface area contributed by atoms with E-state index < -0.39 is 0 Å². The number of aromatic nitrogens is 3. The molecule has 1 saturated carbocycles. The van der Waals surface area contributed by atoms with Crippen molar-refractivity contribution in [1.82, 2.24) is 20.5 Å². The molecule has 0 bridgehead atoms. The number of phenols is 1. The number of amides is 1. The molecular weight excluding hydrogens is 280 g/mol. The van der Waals surface area contributed by atoms with Crippen molar-refractivity contribution in [3.63, 3.8) is 0 Å². The zero-order chi connectivity index (χ0) is 15.6. The molecule has 2 aromatic rings. The maximum absolute atomic E-state index is 12.4. The lowest BCUT2D eigenvalue weighted by molar-refractivity contribution is -0.126. The van der Waals surface area contributed by atoms with E-state index in [4.69, 9.17) is 0 Å². The van der Waals surface area contributed by atoms with E-state index >= 15 is 0 Å². The summed E-state index contributed by atoms with van der Waals surface area (Å²) in [6.45, 7) is 2.40. The minimum absolute atomic E-state index is 0.104. The Morgan fingerprint density at radius 3 is 2.68 bits per heavy atom. The Morgan fingerprint density at radius 1 is 1.36 bits per heavy atom. The van der Waals surface area contributed by atoms with E-state index in [0.717, 1.165) is 36.5 Å². The number of hydrogen-bond acceptors (Lipinski definition) is 4. The Balaban J connectivity index is 1.51. The zero-order valence-electron chi connectivity index (χ0n) is 12.6. The van der Waals surface area contributed by atoms with E-state index in [1.54, 1.807) is 12.1 Å². The van der Waals surface area contributed by atoms with Gasteiger partial charge >= 0.3 is 0 Å². The molecule has 1 aliphatic carbocycles. The maximum atomic E-state index is 12.4. The van der Waals surface area contributed by atoms with Gasteiger partial charge in [-0.05, 0) is 43.9 Å². The van der Waals surface area contributed by atoms with Gasteiger partial charge in [-0.25, -0.2) is 4.98 Å². The summed E-state index contributed by atoms with van der Waals surface area (Å²) in [7, 11) is 0. The summed E-state index contributed by atoms with van der Waals surface area (Å²) in [6, 6.07) is 7.07. The number of carbonyl (C=O) groups is 1. The molecule has 1 aromatic heterocycles. The summed E-state index contributed by atoms with van der Waals surface area (Å²) in [5.41, 5.74) is 0.807. The number of hydrogen-bond donors (Lipinski definition) is 3. The molecule has 3 N–H and O–H groups in total. The predicted molar refractivity (Wildman–Crippen MR) is 81.3 cm³/mol. The molecule has 3 rings (SSSR count). The molecule has 1 amide bonds. The van der Waals surface area contributed by atoms with Crippen LogP contribution in [0.25, 0.3) is 0 Å². The van der Waals surface area contributed by atoms with Crippen LogP contribution >= 0.6 is 0 Å². The summed E-state index contributed by atoms with van der Waals surface area (Å²) in [4.78, 5) is 16.6. The minimum atomic E-state index is -0.272. The van der Waals surface area contributed by atoms with E-state index in [-0.39, 0.29) is 17.1 Å². The van der Waals surface area contributed by atoms with Crippen molar-refractivity contribution in [3.8, 4) is 5.75 Å². The van der Waals surface area contributed by atoms with Crippen molar-refractivity contribution < 1.29 is 9.90 Å². The second-order valence-corrected chi connectivity index (χ2v) is 5.97. The van der Waals surface area contributed by atoms with Gasteiger partial charge in [0.15, 0.2) is 5.82 Å². The van der Waals surface area contributed by atoms with Gasteiger partial charge < -0.3 is 10.4 Å². The molecule has 1 heterocycles. The van der Waals surface area contributed by atoms with Crippen molar-refractivity contribution in [2.24, 2.45) is 5.41 Å². The Hall–Kier alpha value is -2.37. The number of nitrogens with one attached hydrogen (secondary N) is 2. The largest absolute Gasteiger partial charge is 0.508 e. The topological polar surface area (TPSA) is 90.9 Å². The highest BCUT2D eigenvalue weighted by Gasteiger charge is 2.49. The molecule has 1 aliphatic rings. The van der Waals surface area contributed by atoms with Crippen LogP contribution in [0.1, 0.15) is 30.1 Å². The van der Waals surface area contributed by atoms with E-state index in [1.165, 1.54) is 0 Å². The fraction of sp³-hybridized carbons (Fsp3) is 0.438. The van der Waals surface area contributed by atoms with E-state index in [2.05, 4.69) is 20.5 Å². The normalized spacial score (nSPS) is 15.5. The monoisotopic (exact) mass is 300 g/mol. The minimum Gasteiger partial charge on any atom is -0.508 e. The van der Waals surface area contributed by atoms with Gasteiger partial charge in [0, 0.05) is 13.0 Å². The summed E-state index contributed by atoms with van der Waals surface area (Å²) in [5.74, 6) is 1.86. The number of benzene rings is 1. The van der Waals surface area contributed by atoms with Crippen LogP contribution < -0.4 is 5.32 Å². The van der Waals surface area contributed by atoms with Gasteiger partial charge in [-0.15, -0.1) is 0 Å². The van der Waals surface area contributed by atoms with Crippen molar-refractivity contribution in [2.75, 3.05) is 6.54 Å². The average Bonchev–Trinajstić information content (AvgIpc) is 3.17. The van der Waals surface area contributed by atoms with Gasteiger partial charge in [0.1, 0.15) is 11.6 Å². The van der Waals surface area contributed by atoms with E-state index in [1.807, 2.05) is 19.1 Å². The molecular formula is C16H20N4O2. The summed E-state index contributed by atoms with van der Waals surface area (Å²) in [5, 5.41) is 19.2. The molecule has 116 valence electrons. The number of carbonyl (C=O) groups excluding carboxylic acids is 1. The smallest absolute Gasteiger partial charge is 0.226 e. The van der Waals surface area contributed by atoms with Crippen LogP contribution in [0.5, 0.6) is 5.75 Å². The first kappa shape index (κ1) is 14.6. The van der Waals surface area contributed by atoms with Gasteiger partial charge in [-0.1, -0.05) is 12.1 Å². The maximum Gasteiger partial charge on any atom is 0.226 e. The molecule has 1 aromatic carbocycles. The number of aromatic amines is 1. The molecule has 22 heavy (non-hydrogen) atoms.